The molecule has 0 N–H and O–H groups in total. The summed E-state index contributed by atoms with van der Waals surface area (Å²) in [6, 6.07) is 20.1. The van der Waals surface area contributed by atoms with Crippen molar-refractivity contribution >= 4 is 17.1 Å². The smallest absolute Gasteiger partial charge is 0.161 e. The second-order valence-electron chi connectivity index (χ2n) is 8.11. The van der Waals surface area contributed by atoms with Gasteiger partial charge in [-0.25, -0.2) is 4.98 Å². The molecule has 1 aromatic heterocycles. The summed E-state index contributed by atoms with van der Waals surface area (Å²) in [7, 11) is 4.95. The number of para-hydroxylation sites is 2. The van der Waals surface area contributed by atoms with Crippen LogP contribution < -0.4 is 18.9 Å². The molecule has 0 aliphatic heterocycles. The topological polar surface area (TPSA) is 54.7 Å². The summed E-state index contributed by atoms with van der Waals surface area (Å²) in [5, 5.41) is 0. The van der Waals surface area contributed by atoms with Crippen LogP contribution in [0.3, 0.4) is 0 Å². The first-order valence-electron chi connectivity index (χ1n) is 11.8. The molecule has 0 saturated carbocycles. The normalized spacial score (nSPS) is 11.2. The molecular formula is C29H32N2O4. The summed E-state index contributed by atoms with van der Waals surface area (Å²) < 4.78 is 24.7. The largest absolute Gasteiger partial charge is 0.493 e. The third-order valence-electron chi connectivity index (χ3n) is 5.88. The van der Waals surface area contributed by atoms with Gasteiger partial charge in [-0.2, -0.15) is 0 Å². The van der Waals surface area contributed by atoms with Crippen molar-refractivity contribution in [1.82, 2.24) is 9.55 Å². The van der Waals surface area contributed by atoms with E-state index in [1.165, 1.54) is 0 Å². The average Bonchev–Trinajstić information content (AvgIpc) is 3.27. The lowest BCUT2D eigenvalue weighted by Gasteiger charge is -2.13. The number of methoxy groups -OCH3 is 3. The first-order chi connectivity index (χ1) is 17.2. The zero-order valence-electron chi connectivity index (χ0n) is 20.8. The van der Waals surface area contributed by atoms with Gasteiger partial charge in [-0.05, 0) is 67.8 Å². The molecule has 0 atom stereocenters. The van der Waals surface area contributed by atoms with Gasteiger partial charge in [-0.3, -0.25) is 0 Å². The van der Waals surface area contributed by atoms with E-state index in [-0.39, 0.29) is 0 Å². The minimum absolute atomic E-state index is 0.609. The molecule has 3 aromatic carbocycles. The Morgan fingerprint density at radius 2 is 1.54 bits per heavy atom. The number of allylic oxidation sites excluding steroid dienone is 1. The van der Waals surface area contributed by atoms with E-state index in [1.807, 2.05) is 73.7 Å². The summed E-state index contributed by atoms with van der Waals surface area (Å²) in [5.74, 6) is 3.81. The predicted octanol–water partition coefficient (Wildman–Crippen LogP) is 6.62. The number of hydrogen-bond donors (Lipinski definition) is 0. The van der Waals surface area contributed by atoms with Crippen LogP contribution in [0, 0.1) is 0 Å². The number of aromatic nitrogens is 2. The summed E-state index contributed by atoms with van der Waals surface area (Å²) in [6.45, 7) is 3.43. The SMILES string of the molecule is C/C=C/c1ccc(OCCCCn2c(-c3ccc(OC)c(OC)c3)nc3ccccc32)c(OC)c1. The third-order valence-corrected chi connectivity index (χ3v) is 5.88. The second kappa shape index (κ2) is 11.5. The number of nitrogens with zero attached hydrogens (tertiary/aromatic N) is 2. The van der Waals surface area contributed by atoms with Crippen LogP contribution in [-0.2, 0) is 6.54 Å². The van der Waals surface area contributed by atoms with Crippen LogP contribution in [0.5, 0.6) is 23.0 Å². The van der Waals surface area contributed by atoms with Gasteiger partial charge < -0.3 is 23.5 Å². The van der Waals surface area contributed by atoms with E-state index in [0.29, 0.717) is 18.1 Å². The van der Waals surface area contributed by atoms with Crippen molar-refractivity contribution in [2.45, 2.75) is 26.3 Å². The predicted molar refractivity (Wildman–Crippen MR) is 141 cm³/mol. The number of aryl methyl sites for hydroxylation is 1. The molecule has 0 spiro atoms. The molecule has 6 nitrogen and oxygen atoms in total. The molecular weight excluding hydrogens is 440 g/mol. The molecule has 4 rings (SSSR count). The van der Waals surface area contributed by atoms with Crippen molar-refractivity contribution in [2.24, 2.45) is 0 Å². The lowest BCUT2D eigenvalue weighted by atomic mass is 10.2. The fraction of sp³-hybridized carbons (Fsp3) is 0.276. The van der Waals surface area contributed by atoms with E-state index in [1.54, 1.807) is 21.3 Å². The van der Waals surface area contributed by atoms with Crippen LogP contribution in [0.15, 0.2) is 66.7 Å². The molecule has 0 aliphatic rings. The van der Waals surface area contributed by atoms with Gasteiger partial charge in [0, 0.05) is 12.1 Å². The average molecular weight is 473 g/mol. The minimum Gasteiger partial charge on any atom is -0.493 e. The molecule has 0 aliphatic carbocycles. The zero-order valence-corrected chi connectivity index (χ0v) is 20.8. The summed E-state index contributed by atoms with van der Waals surface area (Å²) in [4.78, 5) is 4.92. The Morgan fingerprint density at radius 3 is 2.31 bits per heavy atom. The third kappa shape index (κ3) is 5.43. The van der Waals surface area contributed by atoms with Gasteiger partial charge >= 0.3 is 0 Å². The highest BCUT2D eigenvalue weighted by Crippen LogP contribution is 2.34. The number of hydrogen-bond acceptors (Lipinski definition) is 5. The lowest BCUT2D eigenvalue weighted by Crippen LogP contribution is -2.05. The first kappa shape index (κ1) is 24.2. The van der Waals surface area contributed by atoms with Crippen LogP contribution >= 0.6 is 0 Å². The molecule has 35 heavy (non-hydrogen) atoms. The Kier molecular flexibility index (Phi) is 7.93. The Morgan fingerprint density at radius 1 is 0.800 bits per heavy atom. The van der Waals surface area contributed by atoms with E-state index in [0.717, 1.165) is 58.9 Å². The molecule has 1 heterocycles. The summed E-state index contributed by atoms with van der Waals surface area (Å²) in [6.07, 6.45) is 5.89. The van der Waals surface area contributed by atoms with Crippen molar-refractivity contribution in [3.05, 3.63) is 72.3 Å². The fourth-order valence-electron chi connectivity index (χ4n) is 4.15. The van der Waals surface area contributed by atoms with Crippen LogP contribution in [0.1, 0.15) is 25.3 Å². The molecule has 6 heteroatoms. The Labute approximate surface area is 206 Å². The van der Waals surface area contributed by atoms with Gasteiger partial charge in [0.15, 0.2) is 23.0 Å². The molecule has 4 aromatic rings. The zero-order chi connectivity index (χ0) is 24.6. The number of unbranched alkanes of at least 4 members (excludes halogenated alkanes) is 1. The van der Waals surface area contributed by atoms with Gasteiger partial charge in [0.05, 0.1) is 39.0 Å². The Hall–Kier alpha value is -3.93. The number of rotatable bonds is 11. The van der Waals surface area contributed by atoms with E-state index < -0.39 is 0 Å². The molecule has 0 radical (unpaired) electrons. The highest BCUT2D eigenvalue weighted by molar-refractivity contribution is 5.81. The van der Waals surface area contributed by atoms with E-state index in [4.69, 9.17) is 23.9 Å². The molecule has 0 bridgehead atoms. The van der Waals surface area contributed by atoms with Crippen LogP contribution in [0.4, 0.5) is 0 Å². The highest BCUT2D eigenvalue weighted by atomic mass is 16.5. The Balaban J connectivity index is 1.47. The van der Waals surface area contributed by atoms with Crippen LogP contribution in [0.2, 0.25) is 0 Å². The van der Waals surface area contributed by atoms with Gasteiger partial charge in [-0.15, -0.1) is 0 Å². The van der Waals surface area contributed by atoms with Crippen molar-refractivity contribution in [3.8, 4) is 34.4 Å². The number of imidazole rings is 1. The van der Waals surface area contributed by atoms with Crippen LogP contribution in [-0.4, -0.2) is 37.5 Å². The maximum absolute atomic E-state index is 6.03. The minimum atomic E-state index is 0.609. The van der Waals surface area contributed by atoms with Gasteiger partial charge in [0.2, 0.25) is 0 Å². The number of ether oxygens (including phenoxy) is 4. The molecule has 0 fully saturated rings. The van der Waals surface area contributed by atoms with E-state index in [2.05, 4.69) is 10.6 Å². The van der Waals surface area contributed by atoms with E-state index >= 15 is 0 Å². The second-order valence-corrected chi connectivity index (χ2v) is 8.11. The van der Waals surface area contributed by atoms with E-state index in [9.17, 15) is 0 Å². The standard InChI is InChI=1S/C29H32N2O4/c1-5-10-21-13-15-26(27(19-21)33-3)35-18-9-8-17-31-24-12-7-6-11-23(24)30-29(31)22-14-16-25(32-2)28(20-22)34-4/h5-7,10-16,19-20H,8-9,17-18H2,1-4H3/b10-5+. The maximum atomic E-state index is 6.03. The van der Waals surface area contributed by atoms with Gasteiger partial charge in [0.25, 0.3) is 0 Å². The number of fused-ring (bicyclic) bond motifs is 1. The number of benzene rings is 3. The maximum Gasteiger partial charge on any atom is 0.161 e. The van der Waals surface area contributed by atoms with Gasteiger partial charge in [0.1, 0.15) is 5.82 Å². The summed E-state index contributed by atoms with van der Waals surface area (Å²) >= 11 is 0. The Bertz CT molecular complexity index is 1310. The van der Waals surface area contributed by atoms with Crippen molar-refractivity contribution < 1.29 is 18.9 Å². The van der Waals surface area contributed by atoms with Gasteiger partial charge in [-0.1, -0.05) is 30.4 Å². The van der Waals surface area contributed by atoms with Crippen molar-refractivity contribution in [2.75, 3.05) is 27.9 Å². The van der Waals surface area contributed by atoms with Crippen LogP contribution in [0.25, 0.3) is 28.5 Å². The van der Waals surface area contributed by atoms with Crippen molar-refractivity contribution in [1.29, 1.82) is 0 Å². The highest BCUT2D eigenvalue weighted by Gasteiger charge is 2.15. The molecule has 0 amide bonds. The molecule has 0 unspecified atom stereocenters. The fourth-order valence-corrected chi connectivity index (χ4v) is 4.15. The van der Waals surface area contributed by atoms with Crippen molar-refractivity contribution in [3.63, 3.8) is 0 Å². The molecule has 0 saturated heterocycles. The quantitative estimate of drug-likeness (QED) is 0.230. The first-order valence-corrected chi connectivity index (χ1v) is 11.8. The monoisotopic (exact) mass is 472 g/mol. The summed E-state index contributed by atoms with van der Waals surface area (Å²) in [5.41, 5.74) is 4.16. The lowest BCUT2D eigenvalue weighted by molar-refractivity contribution is 0.284. The molecule has 182 valence electrons.